The molecule has 8 nitrogen and oxygen atoms in total. The number of hydrazone groups is 1. The maximum Gasteiger partial charge on any atom is 0.270 e. The van der Waals surface area contributed by atoms with Crippen LogP contribution in [0.4, 0.5) is 20.2 Å². The zero-order valence-corrected chi connectivity index (χ0v) is 18.0. The molecule has 0 spiro atoms. The highest BCUT2D eigenvalue weighted by Crippen LogP contribution is 2.35. The number of benzene rings is 2. The van der Waals surface area contributed by atoms with Gasteiger partial charge >= 0.3 is 0 Å². The number of amides is 2. The average Bonchev–Trinajstić information content (AvgIpc) is 3.41. The van der Waals surface area contributed by atoms with Crippen LogP contribution < -0.4 is 15.1 Å². The smallest absolute Gasteiger partial charge is 0.270 e. The summed E-state index contributed by atoms with van der Waals surface area (Å²) in [5, 5.41) is 7.90. The van der Waals surface area contributed by atoms with Crippen molar-refractivity contribution in [1.82, 2.24) is 4.98 Å². The second kappa shape index (κ2) is 8.45. The first kappa shape index (κ1) is 22.1. The van der Waals surface area contributed by atoms with Crippen LogP contribution >= 0.6 is 0 Å². The molecule has 0 aliphatic carbocycles. The molecule has 0 fully saturated rings. The number of alkyl halides is 2. The van der Waals surface area contributed by atoms with Gasteiger partial charge < -0.3 is 14.5 Å². The normalized spacial score (nSPS) is 16.0. The minimum Gasteiger partial charge on any atom is -0.496 e. The molecule has 1 unspecified atom stereocenters. The molecule has 1 aliphatic rings. The number of hydrogen-bond donors (Lipinski definition) is 1. The van der Waals surface area contributed by atoms with E-state index < -0.39 is 23.7 Å². The molecule has 4 rings (SSSR count). The number of oxazole rings is 1. The molecule has 2 aromatic carbocycles. The summed E-state index contributed by atoms with van der Waals surface area (Å²) >= 11 is 0. The summed E-state index contributed by atoms with van der Waals surface area (Å²) in [5.41, 5.74) is 1.07. The molecule has 1 atom stereocenters. The van der Waals surface area contributed by atoms with Crippen LogP contribution in [0.1, 0.15) is 19.4 Å². The van der Waals surface area contributed by atoms with Crippen LogP contribution in [-0.2, 0) is 15.5 Å². The number of nitrogens with zero attached hydrogens (tertiary/aromatic N) is 3. The van der Waals surface area contributed by atoms with Crippen molar-refractivity contribution < 1.29 is 27.5 Å². The lowest BCUT2D eigenvalue weighted by Gasteiger charge is -2.17. The Kier molecular flexibility index (Phi) is 5.67. The highest BCUT2D eigenvalue weighted by Gasteiger charge is 2.40. The van der Waals surface area contributed by atoms with E-state index in [-0.39, 0.29) is 17.0 Å². The monoisotopic (exact) mass is 454 g/mol. The summed E-state index contributed by atoms with van der Waals surface area (Å²) in [6.45, 7) is 2.32. The zero-order valence-electron chi connectivity index (χ0n) is 18.0. The number of nitrogens with one attached hydrogen (secondary N) is 1. The van der Waals surface area contributed by atoms with Gasteiger partial charge in [-0.3, -0.25) is 9.59 Å². The Balaban J connectivity index is 1.58. The zero-order chi connectivity index (χ0) is 23.8. The Morgan fingerprint density at radius 2 is 2.03 bits per heavy atom. The lowest BCUT2D eigenvalue weighted by Crippen LogP contribution is -2.36. The van der Waals surface area contributed by atoms with E-state index in [4.69, 9.17) is 9.15 Å². The van der Waals surface area contributed by atoms with E-state index in [1.807, 2.05) is 0 Å². The third-order valence-electron chi connectivity index (χ3n) is 5.12. The lowest BCUT2D eigenvalue weighted by molar-refractivity contribution is -0.127. The number of aromatic nitrogens is 1. The van der Waals surface area contributed by atoms with Gasteiger partial charge in [0, 0.05) is 18.2 Å². The van der Waals surface area contributed by atoms with Gasteiger partial charge in [0.2, 0.25) is 11.8 Å². The summed E-state index contributed by atoms with van der Waals surface area (Å²) in [6.07, 6.45) is 2.89. The standard InChI is InChI=1S/C23H20F2N4O4/c1-13-19(20(30)27-15-6-4-5-14(11-15)23(2,24)25)22(31)29(28-13)16-7-8-18(32-3)17(12-16)21-26-9-10-33-21/h4-12,19H,1-3H3,(H,27,30). The van der Waals surface area contributed by atoms with Crippen molar-refractivity contribution in [2.45, 2.75) is 19.8 Å². The highest BCUT2D eigenvalue weighted by molar-refractivity contribution is 6.28. The van der Waals surface area contributed by atoms with Gasteiger partial charge in [-0.05, 0) is 37.3 Å². The third-order valence-corrected chi connectivity index (χ3v) is 5.12. The lowest BCUT2D eigenvalue weighted by atomic mass is 10.0. The van der Waals surface area contributed by atoms with Crippen LogP contribution in [0.5, 0.6) is 5.75 Å². The predicted molar refractivity (Wildman–Crippen MR) is 117 cm³/mol. The van der Waals surface area contributed by atoms with Crippen molar-refractivity contribution in [2.75, 3.05) is 17.4 Å². The number of anilines is 2. The van der Waals surface area contributed by atoms with Gasteiger partial charge in [0.05, 0.1) is 30.3 Å². The van der Waals surface area contributed by atoms with E-state index in [2.05, 4.69) is 15.4 Å². The number of carbonyl (C=O) groups excluding carboxylic acids is 2. The van der Waals surface area contributed by atoms with E-state index in [1.165, 1.54) is 43.8 Å². The molecule has 10 heteroatoms. The summed E-state index contributed by atoms with van der Waals surface area (Å²) < 4.78 is 37.9. The maximum atomic E-state index is 13.6. The van der Waals surface area contributed by atoms with Gasteiger partial charge in [-0.15, -0.1) is 0 Å². The van der Waals surface area contributed by atoms with Gasteiger partial charge in [-0.2, -0.15) is 10.1 Å². The number of methoxy groups -OCH3 is 1. The fraction of sp³-hybridized carbons (Fsp3) is 0.217. The van der Waals surface area contributed by atoms with Crippen molar-refractivity contribution in [3.8, 4) is 17.2 Å². The first-order valence-electron chi connectivity index (χ1n) is 9.95. The number of ether oxygens (including phenoxy) is 1. The highest BCUT2D eigenvalue weighted by atomic mass is 19.3. The fourth-order valence-corrected chi connectivity index (χ4v) is 3.49. The third kappa shape index (κ3) is 4.32. The molecule has 0 bridgehead atoms. The molecular weight excluding hydrogens is 434 g/mol. The number of hydrogen-bond acceptors (Lipinski definition) is 6. The minimum atomic E-state index is -3.06. The molecule has 33 heavy (non-hydrogen) atoms. The SMILES string of the molecule is COc1ccc(N2N=C(C)C(C(=O)Nc3cccc(C(C)(F)F)c3)C2=O)cc1-c1ncco1. The first-order chi connectivity index (χ1) is 15.7. The number of rotatable bonds is 6. The number of halogens is 2. The molecule has 1 N–H and O–H groups in total. The van der Waals surface area contributed by atoms with E-state index in [0.717, 1.165) is 11.9 Å². The van der Waals surface area contributed by atoms with Gasteiger partial charge in [-0.1, -0.05) is 12.1 Å². The van der Waals surface area contributed by atoms with Gasteiger partial charge in [0.1, 0.15) is 12.0 Å². The summed E-state index contributed by atoms with van der Waals surface area (Å²) in [4.78, 5) is 30.0. The second-order valence-electron chi connectivity index (χ2n) is 7.50. The molecule has 170 valence electrons. The van der Waals surface area contributed by atoms with Crippen molar-refractivity contribution in [3.63, 3.8) is 0 Å². The fourth-order valence-electron chi connectivity index (χ4n) is 3.49. The van der Waals surface area contributed by atoms with Crippen LogP contribution in [0.15, 0.2) is 64.4 Å². The molecule has 1 aromatic heterocycles. The van der Waals surface area contributed by atoms with E-state index in [0.29, 0.717) is 22.9 Å². The van der Waals surface area contributed by atoms with Crippen LogP contribution in [0, 0.1) is 5.92 Å². The van der Waals surface area contributed by atoms with E-state index >= 15 is 0 Å². The second-order valence-corrected chi connectivity index (χ2v) is 7.50. The predicted octanol–water partition coefficient (Wildman–Crippen LogP) is 4.44. The minimum absolute atomic E-state index is 0.161. The topological polar surface area (TPSA) is 97.0 Å². The Morgan fingerprint density at radius 3 is 2.70 bits per heavy atom. The molecule has 2 amide bonds. The molecule has 0 saturated heterocycles. The van der Waals surface area contributed by atoms with E-state index in [1.54, 1.807) is 25.1 Å². The van der Waals surface area contributed by atoms with Crippen LogP contribution in [0.25, 0.3) is 11.5 Å². The Bertz CT molecular complexity index is 1240. The largest absolute Gasteiger partial charge is 0.496 e. The van der Waals surface area contributed by atoms with E-state index in [9.17, 15) is 18.4 Å². The van der Waals surface area contributed by atoms with Crippen molar-refractivity contribution in [1.29, 1.82) is 0 Å². The Hall–Kier alpha value is -4.08. The Labute approximate surface area is 187 Å². The molecular formula is C23H20F2N4O4. The maximum absolute atomic E-state index is 13.6. The summed E-state index contributed by atoms with van der Waals surface area (Å²) in [5.74, 6) is -4.73. The number of carbonyl (C=O) groups is 2. The Morgan fingerprint density at radius 1 is 1.24 bits per heavy atom. The van der Waals surface area contributed by atoms with Gasteiger partial charge in [0.15, 0.2) is 5.92 Å². The molecule has 0 saturated carbocycles. The van der Waals surface area contributed by atoms with Crippen molar-refractivity contribution in [3.05, 3.63) is 60.5 Å². The van der Waals surface area contributed by atoms with Gasteiger partial charge in [-0.25, -0.2) is 13.8 Å². The average molecular weight is 454 g/mol. The first-order valence-corrected chi connectivity index (χ1v) is 9.95. The van der Waals surface area contributed by atoms with Crippen LogP contribution in [-0.4, -0.2) is 29.6 Å². The summed E-state index contributed by atoms with van der Waals surface area (Å²) in [6, 6.07) is 10.2. The molecule has 1 aliphatic heterocycles. The quantitative estimate of drug-likeness (QED) is 0.556. The molecule has 0 radical (unpaired) electrons. The van der Waals surface area contributed by atoms with Gasteiger partial charge in [0.25, 0.3) is 11.8 Å². The van der Waals surface area contributed by atoms with Crippen LogP contribution in [0.3, 0.4) is 0 Å². The van der Waals surface area contributed by atoms with Crippen LogP contribution in [0.2, 0.25) is 0 Å². The summed E-state index contributed by atoms with van der Waals surface area (Å²) in [7, 11) is 1.49. The molecule has 2 heterocycles. The van der Waals surface area contributed by atoms with Crippen molar-refractivity contribution >= 4 is 28.9 Å². The molecule has 3 aromatic rings. The van der Waals surface area contributed by atoms with Crippen molar-refractivity contribution in [2.24, 2.45) is 11.0 Å².